The number of unbranched alkanes of at least 4 members (excludes halogenated alkanes) is 3. The number of hydrogen-bond acceptors (Lipinski definition) is 5. The number of hydrazine groups is 1. The molecule has 16 heavy (non-hydrogen) atoms. The first-order valence-corrected chi connectivity index (χ1v) is 6.29. The van der Waals surface area contributed by atoms with Crippen LogP contribution in [0, 0.1) is 0 Å². The maximum Gasteiger partial charge on any atom is 0.0218 e. The first-order valence-electron chi connectivity index (χ1n) is 6.29. The largest absolute Gasteiger partial charge is 0.330 e. The van der Waals surface area contributed by atoms with Gasteiger partial charge in [0.15, 0.2) is 0 Å². The summed E-state index contributed by atoms with van der Waals surface area (Å²) in [6.07, 6.45) is 6.55. The predicted molar refractivity (Wildman–Crippen MR) is 69.8 cm³/mol. The third kappa shape index (κ3) is 7.14. The monoisotopic (exact) mass is 231 g/mol. The van der Waals surface area contributed by atoms with Crippen LogP contribution in [0.2, 0.25) is 0 Å². The summed E-state index contributed by atoms with van der Waals surface area (Å²) in [5.74, 6) is 8.00. The molecule has 1 fully saturated rings. The molecule has 0 saturated carbocycles. The Balaban J connectivity index is 0.00000106. The van der Waals surface area contributed by atoms with Crippen LogP contribution in [0.5, 0.6) is 0 Å². The minimum Gasteiger partial charge on any atom is -0.330 e. The van der Waals surface area contributed by atoms with Crippen molar-refractivity contribution < 1.29 is 0 Å². The molecular formula is C11H29N5. The molecular weight excluding hydrogens is 202 g/mol. The van der Waals surface area contributed by atoms with Crippen molar-refractivity contribution in [2.75, 3.05) is 33.2 Å². The van der Waals surface area contributed by atoms with Crippen LogP contribution in [0.15, 0.2) is 0 Å². The van der Waals surface area contributed by atoms with Gasteiger partial charge in [-0.3, -0.25) is 11.7 Å². The summed E-state index contributed by atoms with van der Waals surface area (Å²) in [4.78, 5) is 2.49. The number of nitrogens with zero attached hydrogens (tertiary/aromatic N) is 1. The molecule has 7 N–H and O–H groups in total. The van der Waals surface area contributed by atoms with Gasteiger partial charge in [0.05, 0.1) is 0 Å². The number of rotatable bonds is 6. The predicted octanol–water partition coefficient (Wildman–Crippen LogP) is -0.382. The molecule has 1 saturated heterocycles. The zero-order chi connectivity index (χ0) is 12.2. The van der Waals surface area contributed by atoms with E-state index in [-0.39, 0.29) is 0 Å². The van der Waals surface area contributed by atoms with E-state index in [1.807, 2.05) is 0 Å². The minimum atomic E-state index is 0.765. The number of nitrogens with two attached hydrogens (primary N) is 3. The summed E-state index contributed by atoms with van der Waals surface area (Å²) in [6.45, 7) is 4.38. The van der Waals surface area contributed by atoms with E-state index in [1.165, 1.54) is 45.2 Å². The summed E-state index contributed by atoms with van der Waals surface area (Å²) in [6, 6.07) is 0.765. The van der Waals surface area contributed by atoms with E-state index in [1.54, 1.807) is 0 Å². The molecule has 0 bridgehead atoms. The number of hydrogen-bond donors (Lipinski definition) is 4. The first kappa shape index (κ1) is 15.8. The van der Waals surface area contributed by atoms with Gasteiger partial charge in [-0.2, -0.15) is 0 Å². The summed E-state index contributed by atoms with van der Waals surface area (Å²) in [5.41, 5.74) is 5.46. The molecule has 1 unspecified atom stereocenters. The zero-order valence-corrected chi connectivity index (χ0v) is 10.6. The van der Waals surface area contributed by atoms with Crippen LogP contribution in [0.4, 0.5) is 0 Å². The van der Waals surface area contributed by atoms with Gasteiger partial charge in [-0.25, -0.2) is 0 Å². The molecule has 0 aromatic heterocycles. The van der Waals surface area contributed by atoms with Crippen LogP contribution >= 0.6 is 0 Å². The van der Waals surface area contributed by atoms with Crippen molar-refractivity contribution in [3.05, 3.63) is 0 Å². The molecule has 1 rings (SSSR count). The highest BCUT2D eigenvalue weighted by atomic mass is 15.2. The van der Waals surface area contributed by atoms with Crippen molar-refractivity contribution in [1.82, 2.24) is 10.2 Å². The van der Waals surface area contributed by atoms with E-state index in [2.05, 4.69) is 28.9 Å². The van der Waals surface area contributed by atoms with Gasteiger partial charge >= 0.3 is 0 Å². The van der Waals surface area contributed by atoms with Gasteiger partial charge in [-0.1, -0.05) is 19.3 Å². The number of nitrogens with one attached hydrogen (secondary N) is 1. The Bertz CT molecular complexity index is 142. The Kier molecular flexibility index (Phi) is 11.1. The van der Waals surface area contributed by atoms with Crippen LogP contribution in [0.3, 0.4) is 0 Å². The summed E-state index contributed by atoms with van der Waals surface area (Å²) >= 11 is 0. The average Bonchev–Trinajstić information content (AvgIpc) is 2.34. The highest BCUT2D eigenvalue weighted by Crippen LogP contribution is 2.10. The summed E-state index contributed by atoms with van der Waals surface area (Å²) in [5, 5.41) is 3.46. The summed E-state index contributed by atoms with van der Waals surface area (Å²) in [7, 11) is 2.24. The second-order valence-corrected chi connectivity index (χ2v) is 4.33. The highest BCUT2D eigenvalue weighted by molar-refractivity contribution is 4.76. The molecule has 0 aromatic carbocycles. The van der Waals surface area contributed by atoms with Crippen molar-refractivity contribution >= 4 is 0 Å². The van der Waals surface area contributed by atoms with Gasteiger partial charge in [0.1, 0.15) is 0 Å². The van der Waals surface area contributed by atoms with Crippen molar-refractivity contribution in [1.29, 1.82) is 0 Å². The van der Waals surface area contributed by atoms with Crippen LogP contribution in [-0.4, -0.2) is 44.2 Å². The van der Waals surface area contributed by atoms with Gasteiger partial charge in [0.25, 0.3) is 0 Å². The third-order valence-corrected chi connectivity index (χ3v) is 3.14. The van der Waals surface area contributed by atoms with Crippen molar-refractivity contribution in [2.24, 2.45) is 17.4 Å². The van der Waals surface area contributed by atoms with E-state index < -0.39 is 0 Å². The Morgan fingerprint density at radius 3 is 2.50 bits per heavy atom. The standard InChI is InChI=1S/C11H25N3.H4N2/c1-14-9-8-13-10-11(14)6-4-2-3-5-7-12;1-2/h11,13H,2-10,12H2,1H3;1-2H2. The Morgan fingerprint density at radius 1 is 1.19 bits per heavy atom. The van der Waals surface area contributed by atoms with Gasteiger partial charge in [0.2, 0.25) is 0 Å². The zero-order valence-electron chi connectivity index (χ0n) is 10.6. The van der Waals surface area contributed by atoms with Gasteiger partial charge in [0, 0.05) is 25.7 Å². The SMILES string of the molecule is CN1CCNCC1CCCCCCN.NN. The van der Waals surface area contributed by atoms with Crippen molar-refractivity contribution in [3.63, 3.8) is 0 Å². The van der Waals surface area contributed by atoms with Crippen molar-refractivity contribution in [3.8, 4) is 0 Å². The molecule has 0 spiro atoms. The maximum atomic E-state index is 5.46. The van der Waals surface area contributed by atoms with Crippen molar-refractivity contribution in [2.45, 2.75) is 38.1 Å². The highest BCUT2D eigenvalue weighted by Gasteiger charge is 2.17. The lowest BCUT2D eigenvalue weighted by molar-refractivity contribution is 0.187. The smallest absolute Gasteiger partial charge is 0.0218 e. The second kappa shape index (κ2) is 11.3. The second-order valence-electron chi connectivity index (χ2n) is 4.33. The lowest BCUT2D eigenvalue weighted by Gasteiger charge is -2.33. The normalized spacial score (nSPS) is 21.4. The van der Waals surface area contributed by atoms with Crippen LogP contribution in [0.1, 0.15) is 32.1 Å². The van der Waals surface area contributed by atoms with Gasteiger partial charge in [-0.15, -0.1) is 0 Å². The van der Waals surface area contributed by atoms with E-state index >= 15 is 0 Å². The van der Waals surface area contributed by atoms with Crippen LogP contribution < -0.4 is 22.7 Å². The molecule has 5 nitrogen and oxygen atoms in total. The van der Waals surface area contributed by atoms with E-state index in [9.17, 15) is 0 Å². The molecule has 1 aliphatic rings. The fourth-order valence-corrected chi connectivity index (χ4v) is 2.06. The Hall–Kier alpha value is -0.200. The maximum absolute atomic E-state index is 5.46. The van der Waals surface area contributed by atoms with Crippen LogP contribution in [-0.2, 0) is 0 Å². The van der Waals surface area contributed by atoms with Crippen LogP contribution in [0.25, 0.3) is 0 Å². The first-order chi connectivity index (χ1) is 7.84. The third-order valence-electron chi connectivity index (χ3n) is 3.14. The van der Waals surface area contributed by atoms with E-state index in [0.29, 0.717) is 0 Å². The summed E-state index contributed by atoms with van der Waals surface area (Å²) < 4.78 is 0. The molecule has 0 aliphatic carbocycles. The molecule has 1 heterocycles. The van der Waals surface area contributed by atoms with Gasteiger partial charge in [-0.05, 0) is 26.4 Å². The fourth-order valence-electron chi connectivity index (χ4n) is 2.06. The molecule has 0 radical (unpaired) electrons. The van der Waals surface area contributed by atoms with E-state index in [4.69, 9.17) is 5.73 Å². The number of likely N-dealkylation sites (N-methyl/N-ethyl adjacent to an activating group) is 1. The average molecular weight is 231 g/mol. The topological polar surface area (TPSA) is 93.3 Å². The quantitative estimate of drug-likeness (QED) is 0.284. The molecule has 1 aliphatic heterocycles. The molecule has 1 atom stereocenters. The molecule has 0 aromatic rings. The number of piperazine rings is 1. The lowest BCUT2D eigenvalue weighted by atomic mass is 10.0. The van der Waals surface area contributed by atoms with E-state index in [0.717, 1.165) is 19.1 Å². The lowest BCUT2D eigenvalue weighted by Crippen LogP contribution is -2.49. The van der Waals surface area contributed by atoms with Gasteiger partial charge < -0.3 is 16.0 Å². The molecule has 0 amide bonds. The Labute approximate surface area is 99.7 Å². The fraction of sp³-hybridized carbons (Fsp3) is 1.00. The molecule has 5 heteroatoms. The molecule has 98 valence electrons. The Morgan fingerprint density at radius 2 is 1.88 bits per heavy atom. The minimum absolute atomic E-state index is 0.765.